The summed E-state index contributed by atoms with van der Waals surface area (Å²) in [6.45, 7) is 1.87. The third kappa shape index (κ3) is 4.97. The molecule has 0 radical (unpaired) electrons. The highest BCUT2D eigenvalue weighted by Crippen LogP contribution is 2.28. The van der Waals surface area contributed by atoms with Gasteiger partial charge in [-0.2, -0.15) is 0 Å². The van der Waals surface area contributed by atoms with Gasteiger partial charge in [0, 0.05) is 20.0 Å². The second-order valence-electron chi connectivity index (χ2n) is 4.96. The van der Waals surface area contributed by atoms with Crippen LogP contribution < -0.4 is 5.32 Å². The third-order valence-corrected chi connectivity index (χ3v) is 3.59. The maximum atomic E-state index is 11.8. The summed E-state index contributed by atoms with van der Waals surface area (Å²) in [5.74, 6) is 1.15. The SMILES string of the molecule is CNCCCN(C)C(=O)CCC1CCCC1. The van der Waals surface area contributed by atoms with Crippen LogP contribution in [0.3, 0.4) is 0 Å². The van der Waals surface area contributed by atoms with Gasteiger partial charge in [0.1, 0.15) is 0 Å². The Morgan fingerprint density at radius 2 is 2.06 bits per heavy atom. The Morgan fingerprint density at radius 3 is 2.69 bits per heavy atom. The molecule has 3 nitrogen and oxygen atoms in total. The van der Waals surface area contributed by atoms with Crippen molar-refractivity contribution in [2.24, 2.45) is 5.92 Å². The Hall–Kier alpha value is -0.570. The Balaban J connectivity index is 2.08. The van der Waals surface area contributed by atoms with Crippen LogP contribution in [0.4, 0.5) is 0 Å². The van der Waals surface area contributed by atoms with E-state index >= 15 is 0 Å². The van der Waals surface area contributed by atoms with Crippen LogP contribution in [0, 0.1) is 5.92 Å². The van der Waals surface area contributed by atoms with E-state index in [9.17, 15) is 4.79 Å². The van der Waals surface area contributed by atoms with Gasteiger partial charge in [-0.05, 0) is 32.4 Å². The molecule has 1 saturated carbocycles. The average molecular weight is 226 g/mol. The van der Waals surface area contributed by atoms with Crippen LogP contribution in [0.15, 0.2) is 0 Å². The maximum absolute atomic E-state index is 11.8. The molecule has 16 heavy (non-hydrogen) atoms. The number of nitrogens with one attached hydrogen (secondary N) is 1. The lowest BCUT2D eigenvalue weighted by molar-refractivity contribution is -0.130. The molecule has 1 amide bonds. The fourth-order valence-electron chi connectivity index (χ4n) is 2.44. The van der Waals surface area contributed by atoms with Crippen LogP contribution in [0.1, 0.15) is 44.9 Å². The van der Waals surface area contributed by atoms with Crippen molar-refractivity contribution in [2.45, 2.75) is 44.9 Å². The predicted molar refractivity (Wildman–Crippen MR) is 67.4 cm³/mol. The van der Waals surface area contributed by atoms with Gasteiger partial charge in [-0.25, -0.2) is 0 Å². The van der Waals surface area contributed by atoms with Crippen LogP contribution in [-0.4, -0.2) is 38.0 Å². The summed E-state index contributed by atoms with van der Waals surface area (Å²) in [4.78, 5) is 13.7. The zero-order chi connectivity index (χ0) is 11.8. The first-order chi connectivity index (χ1) is 7.74. The Bertz CT molecular complexity index is 200. The smallest absolute Gasteiger partial charge is 0.222 e. The minimum Gasteiger partial charge on any atom is -0.346 e. The number of nitrogens with zero attached hydrogens (tertiary/aromatic N) is 1. The Kier molecular flexibility index (Phi) is 6.46. The van der Waals surface area contributed by atoms with Gasteiger partial charge in [-0.3, -0.25) is 4.79 Å². The van der Waals surface area contributed by atoms with Crippen molar-refractivity contribution in [1.29, 1.82) is 0 Å². The Morgan fingerprint density at radius 1 is 1.38 bits per heavy atom. The van der Waals surface area contributed by atoms with Crippen LogP contribution in [-0.2, 0) is 4.79 Å². The molecular formula is C13H26N2O. The molecule has 1 N–H and O–H groups in total. The number of carbonyl (C=O) groups excluding carboxylic acids is 1. The summed E-state index contributed by atoms with van der Waals surface area (Å²) in [6, 6.07) is 0. The topological polar surface area (TPSA) is 32.3 Å². The molecule has 0 bridgehead atoms. The molecule has 0 aromatic rings. The minimum absolute atomic E-state index is 0.322. The van der Waals surface area contributed by atoms with Gasteiger partial charge in [0.2, 0.25) is 5.91 Å². The molecule has 3 heteroatoms. The lowest BCUT2D eigenvalue weighted by Crippen LogP contribution is -2.29. The van der Waals surface area contributed by atoms with E-state index in [-0.39, 0.29) is 0 Å². The van der Waals surface area contributed by atoms with Crippen molar-refractivity contribution in [3.63, 3.8) is 0 Å². The van der Waals surface area contributed by atoms with E-state index in [0.717, 1.165) is 38.3 Å². The summed E-state index contributed by atoms with van der Waals surface area (Å²) < 4.78 is 0. The summed E-state index contributed by atoms with van der Waals surface area (Å²) >= 11 is 0. The molecule has 0 atom stereocenters. The first-order valence-corrected chi connectivity index (χ1v) is 6.62. The van der Waals surface area contributed by atoms with Crippen LogP contribution in [0.25, 0.3) is 0 Å². The van der Waals surface area contributed by atoms with Crippen molar-refractivity contribution in [1.82, 2.24) is 10.2 Å². The van der Waals surface area contributed by atoms with Gasteiger partial charge in [0.15, 0.2) is 0 Å². The van der Waals surface area contributed by atoms with Gasteiger partial charge in [0.05, 0.1) is 0 Å². The number of hydrogen-bond acceptors (Lipinski definition) is 2. The van der Waals surface area contributed by atoms with Crippen LogP contribution in [0.2, 0.25) is 0 Å². The molecule has 0 aromatic heterocycles. The van der Waals surface area contributed by atoms with Crippen molar-refractivity contribution < 1.29 is 4.79 Å². The van der Waals surface area contributed by atoms with Gasteiger partial charge < -0.3 is 10.2 Å². The maximum Gasteiger partial charge on any atom is 0.222 e. The van der Waals surface area contributed by atoms with Gasteiger partial charge in [-0.15, -0.1) is 0 Å². The first kappa shape index (κ1) is 13.5. The van der Waals surface area contributed by atoms with E-state index < -0.39 is 0 Å². The molecule has 1 aliphatic carbocycles. The first-order valence-electron chi connectivity index (χ1n) is 6.62. The van der Waals surface area contributed by atoms with Crippen LogP contribution >= 0.6 is 0 Å². The molecule has 0 spiro atoms. The standard InChI is InChI=1S/C13H26N2O/c1-14-10-5-11-15(2)13(16)9-8-12-6-3-4-7-12/h12,14H,3-11H2,1-2H3. The summed E-state index contributed by atoms with van der Waals surface area (Å²) in [6.07, 6.45) is 8.33. The fraction of sp³-hybridized carbons (Fsp3) is 0.923. The quantitative estimate of drug-likeness (QED) is 0.674. The van der Waals surface area contributed by atoms with Crippen molar-refractivity contribution >= 4 is 5.91 Å². The van der Waals surface area contributed by atoms with E-state index in [0.29, 0.717) is 5.91 Å². The molecular weight excluding hydrogens is 200 g/mol. The highest BCUT2D eigenvalue weighted by molar-refractivity contribution is 5.75. The summed E-state index contributed by atoms with van der Waals surface area (Å²) in [5, 5.41) is 3.10. The van der Waals surface area contributed by atoms with E-state index in [2.05, 4.69) is 5.32 Å². The Labute approximate surface area is 99.6 Å². The molecule has 0 saturated heterocycles. The molecule has 0 unspecified atom stereocenters. The van der Waals surface area contributed by atoms with E-state index in [1.165, 1.54) is 25.7 Å². The third-order valence-electron chi connectivity index (χ3n) is 3.59. The van der Waals surface area contributed by atoms with E-state index in [4.69, 9.17) is 0 Å². The second-order valence-corrected chi connectivity index (χ2v) is 4.96. The number of hydrogen-bond donors (Lipinski definition) is 1. The van der Waals surface area contributed by atoms with Crippen molar-refractivity contribution in [2.75, 3.05) is 27.2 Å². The highest BCUT2D eigenvalue weighted by Gasteiger charge is 2.17. The molecule has 1 fully saturated rings. The van der Waals surface area contributed by atoms with E-state index in [1.807, 2.05) is 19.0 Å². The molecule has 1 rings (SSSR count). The second kappa shape index (κ2) is 7.66. The monoisotopic (exact) mass is 226 g/mol. The molecule has 1 aliphatic rings. The number of carbonyl (C=O) groups is 1. The fourth-order valence-corrected chi connectivity index (χ4v) is 2.44. The zero-order valence-corrected chi connectivity index (χ0v) is 10.8. The largest absolute Gasteiger partial charge is 0.346 e. The van der Waals surface area contributed by atoms with Gasteiger partial charge in [0.25, 0.3) is 0 Å². The number of amides is 1. The minimum atomic E-state index is 0.322. The van der Waals surface area contributed by atoms with Gasteiger partial charge in [-0.1, -0.05) is 25.7 Å². The summed E-state index contributed by atoms with van der Waals surface area (Å²) in [7, 11) is 3.87. The van der Waals surface area contributed by atoms with Crippen molar-refractivity contribution in [3.8, 4) is 0 Å². The summed E-state index contributed by atoms with van der Waals surface area (Å²) in [5.41, 5.74) is 0. The molecule has 0 aromatic carbocycles. The molecule has 0 aliphatic heterocycles. The lowest BCUT2D eigenvalue weighted by atomic mass is 10.0. The van der Waals surface area contributed by atoms with Gasteiger partial charge >= 0.3 is 0 Å². The predicted octanol–water partition coefficient (Wildman–Crippen LogP) is 2.02. The normalized spacial score (nSPS) is 16.6. The molecule has 94 valence electrons. The number of rotatable bonds is 7. The van der Waals surface area contributed by atoms with Crippen LogP contribution in [0.5, 0.6) is 0 Å². The zero-order valence-electron chi connectivity index (χ0n) is 10.8. The molecule has 0 heterocycles. The van der Waals surface area contributed by atoms with E-state index in [1.54, 1.807) is 0 Å². The van der Waals surface area contributed by atoms with Crippen molar-refractivity contribution in [3.05, 3.63) is 0 Å². The lowest BCUT2D eigenvalue weighted by Gasteiger charge is -2.18. The average Bonchev–Trinajstić information content (AvgIpc) is 2.79. The highest BCUT2D eigenvalue weighted by atomic mass is 16.2.